The van der Waals surface area contributed by atoms with Gasteiger partial charge in [0.25, 0.3) is 5.91 Å². The van der Waals surface area contributed by atoms with Crippen LogP contribution in [-0.4, -0.2) is 45.1 Å². The molecule has 1 aliphatic rings. The second-order valence-electron chi connectivity index (χ2n) is 7.45. The zero-order valence-corrected chi connectivity index (χ0v) is 15.5. The Labute approximate surface area is 157 Å². The maximum atomic E-state index is 12.9. The van der Waals surface area contributed by atoms with Gasteiger partial charge in [0.1, 0.15) is 5.76 Å². The zero-order valence-electron chi connectivity index (χ0n) is 15.5. The second kappa shape index (κ2) is 7.12. The van der Waals surface area contributed by atoms with Gasteiger partial charge in [0.05, 0.1) is 11.6 Å². The molecule has 3 heterocycles. The van der Waals surface area contributed by atoms with Gasteiger partial charge in [-0.05, 0) is 24.1 Å². The maximum absolute atomic E-state index is 12.9. The van der Waals surface area contributed by atoms with Gasteiger partial charge in [-0.15, -0.1) is 0 Å². The first-order valence-electron chi connectivity index (χ1n) is 9.28. The molecule has 2 atom stereocenters. The van der Waals surface area contributed by atoms with Crippen LogP contribution in [0, 0.1) is 5.92 Å². The van der Waals surface area contributed by atoms with Gasteiger partial charge < -0.3 is 14.4 Å². The molecular weight excluding hydrogens is 342 g/mol. The number of aliphatic hydroxyl groups is 1. The Morgan fingerprint density at radius 3 is 2.89 bits per heavy atom. The molecule has 1 N–H and O–H groups in total. The Balaban J connectivity index is 1.53. The first-order valence-corrected chi connectivity index (χ1v) is 9.28. The normalized spacial score (nSPS) is 19.9. The molecule has 27 heavy (non-hydrogen) atoms. The van der Waals surface area contributed by atoms with Crippen molar-refractivity contribution in [2.45, 2.75) is 32.3 Å². The molecule has 1 fully saturated rings. The summed E-state index contributed by atoms with van der Waals surface area (Å²) in [4.78, 5) is 23.1. The summed E-state index contributed by atoms with van der Waals surface area (Å²) in [5.74, 6) is 0.485. The van der Waals surface area contributed by atoms with Crippen LogP contribution < -0.4 is 0 Å². The monoisotopic (exact) mass is 365 g/mol. The van der Waals surface area contributed by atoms with Crippen LogP contribution in [0.1, 0.15) is 41.6 Å². The summed E-state index contributed by atoms with van der Waals surface area (Å²) in [5.41, 5.74) is 2.44. The van der Waals surface area contributed by atoms with E-state index in [0.29, 0.717) is 31.0 Å². The Hall–Kier alpha value is -2.73. The van der Waals surface area contributed by atoms with Crippen LogP contribution in [0.5, 0.6) is 0 Å². The number of carbonyl (C=O) groups excluding carboxylic acids is 1. The molecule has 3 aromatic rings. The van der Waals surface area contributed by atoms with Gasteiger partial charge in [0.15, 0.2) is 12.1 Å². The van der Waals surface area contributed by atoms with E-state index in [9.17, 15) is 9.90 Å². The van der Waals surface area contributed by atoms with E-state index in [1.165, 1.54) is 6.39 Å². The lowest BCUT2D eigenvalue weighted by atomic mass is 9.94. The number of amides is 1. The van der Waals surface area contributed by atoms with Gasteiger partial charge in [-0.1, -0.05) is 32.0 Å². The number of hydrogen-bond acceptors (Lipinski definition) is 5. The lowest BCUT2D eigenvalue weighted by molar-refractivity contribution is 0.0756. The molecular formula is C21H23N3O3. The predicted molar refractivity (Wildman–Crippen MR) is 101 cm³/mol. The summed E-state index contributed by atoms with van der Waals surface area (Å²) < 4.78 is 5.38. The van der Waals surface area contributed by atoms with E-state index in [0.717, 1.165) is 16.5 Å². The number of oxazole rings is 1. The molecule has 1 aliphatic heterocycles. The van der Waals surface area contributed by atoms with Crippen molar-refractivity contribution in [3.05, 3.63) is 59.9 Å². The fraction of sp³-hybridized carbons (Fsp3) is 0.381. The van der Waals surface area contributed by atoms with Gasteiger partial charge in [0, 0.05) is 36.5 Å². The van der Waals surface area contributed by atoms with E-state index in [1.807, 2.05) is 44.2 Å². The highest BCUT2D eigenvalue weighted by atomic mass is 16.3. The lowest BCUT2D eigenvalue weighted by Gasteiger charge is -2.16. The lowest BCUT2D eigenvalue weighted by Crippen LogP contribution is -2.30. The highest BCUT2D eigenvalue weighted by molar-refractivity contribution is 5.93. The number of aliphatic hydroxyl groups excluding tert-OH is 1. The minimum absolute atomic E-state index is 0.0193. The Morgan fingerprint density at radius 2 is 2.07 bits per heavy atom. The van der Waals surface area contributed by atoms with E-state index in [2.05, 4.69) is 9.97 Å². The van der Waals surface area contributed by atoms with E-state index in [1.54, 1.807) is 11.1 Å². The highest BCUT2D eigenvalue weighted by Crippen LogP contribution is 2.27. The molecule has 1 aromatic carbocycles. The van der Waals surface area contributed by atoms with E-state index in [-0.39, 0.29) is 17.7 Å². The molecule has 0 bridgehead atoms. The van der Waals surface area contributed by atoms with Gasteiger partial charge in [-0.25, -0.2) is 4.98 Å². The van der Waals surface area contributed by atoms with Gasteiger partial charge in [0.2, 0.25) is 0 Å². The zero-order chi connectivity index (χ0) is 19.0. The topological polar surface area (TPSA) is 79.5 Å². The van der Waals surface area contributed by atoms with Gasteiger partial charge in [-0.3, -0.25) is 9.78 Å². The third-order valence-corrected chi connectivity index (χ3v) is 5.24. The summed E-state index contributed by atoms with van der Waals surface area (Å²) in [6.07, 6.45) is 3.25. The minimum Gasteiger partial charge on any atom is -0.447 e. The van der Waals surface area contributed by atoms with Crippen molar-refractivity contribution in [3.63, 3.8) is 0 Å². The second-order valence-corrected chi connectivity index (χ2v) is 7.45. The SMILES string of the molecule is CC(C)c1ocnc1C(=O)N1C[C@@H](Cc2ccnc3ccccc23)[C@H](O)C1. The molecule has 140 valence electrons. The quantitative estimate of drug-likeness (QED) is 0.769. The fourth-order valence-corrected chi connectivity index (χ4v) is 3.81. The molecule has 0 unspecified atom stereocenters. The smallest absolute Gasteiger partial charge is 0.276 e. The number of nitrogens with zero attached hydrogens (tertiary/aromatic N) is 3. The van der Waals surface area contributed by atoms with Crippen molar-refractivity contribution in [1.29, 1.82) is 0 Å². The third-order valence-electron chi connectivity index (χ3n) is 5.24. The van der Waals surface area contributed by atoms with Crippen LogP contribution in [0.4, 0.5) is 0 Å². The molecule has 4 rings (SSSR count). The number of carbonyl (C=O) groups is 1. The summed E-state index contributed by atoms with van der Waals surface area (Å²) in [7, 11) is 0. The van der Waals surface area contributed by atoms with Crippen molar-refractivity contribution >= 4 is 16.8 Å². The summed E-state index contributed by atoms with van der Waals surface area (Å²) >= 11 is 0. The van der Waals surface area contributed by atoms with Crippen molar-refractivity contribution in [1.82, 2.24) is 14.9 Å². The molecule has 0 aliphatic carbocycles. The number of aromatic nitrogens is 2. The number of fused-ring (bicyclic) bond motifs is 1. The van der Waals surface area contributed by atoms with Crippen LogP contribution >= 0.6 is 0 Å². The Morgan fingerprint density at radius 1 is 1.26 bits per heavy atom. The summed E-state index contributed by atoms with van der Waals surface area (Å²) in [6.45, 7) is 4.75. The molecule has 1 amide bonds. The largest absolute Gasteiger partial charge is 0.447 e. The third kappa shape index (κ3) is 3.32. The molecule has 6 heteroatoms. The van der Waals surface area contributed by atoms with Crippen molar-refractivity contribution in [3.8, 4) is 0 Å². The van der Waals surface area contributed by atoms with Crippen molar-refractivity contribution in [2.24, 2.45) is 5.92 Å². The fourth-order valence-electron chi connectivity index (χ4n) is 3.81. The van der Waals surface area contributed by atoms with Crippen LogP contribution in [-0.2, 0) is 6.42 Å². The van der Waals surface area contributed by atoms with Crippen molar-refractivity contribution in [2.75, 3.05) is 13.1 Å². The Kier molecular flexibility index (Phi) is 4.66. The minimum atomic E-state index is -0.560. The highest BCUT2D eigenvalue weighted by Gasteiger charge is 2.36. The number of rotatable bonds is 4. The number of benzene rings is 1. The predicted octanol–water partition coefficient (Wildman–Crippen LogP) is 3.02. The number of hydrogen-bond donors (Lipinski definition) is 1. The van der Waals surface area contributed by atoms with E-state index >= 15 is 0 Å². The molecule has 6 nitrogen and oxygen atoms in total. The van der Waals surface area contributed by atoms with E-state index < -0.39 is 6.10 Å². The van der Waals surface area contributed by atoms with Gasteiger partial charge in [-0.2, -0.15) is 0 Å². The number of pyridine rings is 1. The molecule has 1 saturated heterocycles. The number of β-amino-alcohol motifs (C(OH)–C–C–N with tert-alkyl or cyclic N) is 1. The number of likely N-dealkylation sites (tertiary alicyclic amines) is 1. The van der Waals surface area contributed by atoms with Crippen molar-refractivity contribution < 1.29 is 14.3 Å². The molecule has 0 spiro atoms. The standard InChI is InChI=1S/C21H23N3O3/c1-13(2)20-19(23-12-27-20)21(26)24-10-15(18(25)11-24)9-14-7-8-22-17-6-4-3-5-16(14)17/h3-8,12-13,15,18,25H,9-11H2,1-2H3/t15-,18-/m1/s1. The molecule has 0 saturated carbocycles. The summed E-state index contributed by atoms with van der Waals surface area (Å²) in [6, 6.07) is 9.98. The first-order chi connectivity index (χ1) is 13.0. The van der Waals surface area contributed by atoms with Crippen LogP contribution in [0.25, 0.3) is 10.9 Å². The average molecular weight is 365 g/mol. The Bertz CT molecular complexity index is 961. The first kappa shape index (κ1) is 17.7. The molecule has 0 radical (unpaired) electrons. The van der Waals surface area contributed by atoms with Crippen LogP contribution in [0.3, 0.4) is 0 Å². The number of para-hydroxylation sites is 1. The maximum Gasteiger partial charge on any atom is 0.276 e. The van der Waals surface area contributed by atoms with Gasteiger partial charge >= 0.3 is 0 Å². The van der Waals surface area contributed by atoms with Crippen LogP contribution in [0.2, 0.25) is 0 Å². The van der Waals surface area contributed by atoms with E-state index in [4.69, 9.17) is 4.42 Å². The summed E-state index contributed by atoms with van der Waals surface area (Å²) in [5, 5.41) is 11.7. The van der Waals surface area contributed by atoms with Crippen LogP contribution in [0.15, 0.2) is 47.3 Å². The average Bonchev–Trinajstić information content (AvgIpc) is 3.29. The molecule has 2 aromatic heterocycles.